The van der Waals surface area contributed by atoms with Gasteiger partial charge in [0.1, 0.15) is 0 Å². The number of rotatable bonds is 4. The van der Waals surface area contributed by atoms with E-state index in [1.54, 1.807) is 0 Å². The van der Waals surface area contributed by atoms with Gasteiger partial charge in [-0.2, -0.15) is 12.6 Å². The van der Waals surface area contributed by atoms with Crippen molar-refractivity contribution in [3.05, 3.63) is 0 Å². The molecule has 0 aromatic rings. The first-order chi connectivity index (χ1) is 8.55. The molecule has 1 aliphatic carbocycles. The zero-order valence-corrected chi connectivity index (χ0v) is 12.8. The number of hydrogen-bond donors (Lipinski definition) is 2. The zero-order valence-electron chi connectivity index (χ0n) is 11.9. The number of thiol groups is 1. The highest BCUT2D eigenvalue weighted by Crippen LogP contribution is 2.40. The SMILES string of the molecule is CC(C)C(CS)CN1CCC2(O)CCCCC2C1. The molecule has 2 nitrogen and oxygen atoms in total. The summed E-state index contributed by atoms with van der Waals surface area (Å²) in [6.45, 7) is 7.93. The maximum absolute atomic E-state index is 10.7. The standard InChI is InChI=1S/C15H29NOS/c1-12(2)13(11-18)9-16-8-7-15(17)6-4-3-5-14(15)10-16/h12-14,17-18H,3-11H2,1-2H3. The summed E-state index contributed by atoms with van der Waals surface area (Å²) < 4.78 is 0. The fourth-order valence-electron chi connectivity index (χ4n) is 3.62. The van der Waals surface area contributed by atoms with Crippen LogP contribution in [-0.4, -0.2) is 41.0 Å². The Labute approximate surface area is 118 Å². The fraction of sp³-hybridized carbons (Fsp3) is 1.00. The summed E-state index contributed by atoms with van der Waals surface area (Å²) in [5, 5.41) is 10.7. The predicted octanol–water partition coefficient (Wildman–Crippen LogP) is 2.82. The first-order valence-electron chi connectivity index (χ1n) is 7.61. The molecule has 0 spiro atoms. The van der Waals surface area contributed by atoms with Crippen LogP contribution in [0.4, 0.5) is 0 Å². The smallest absolute Gasteiger partial charge is 0.0700 e. The summed E-state index contributed by atoms with van der Waals surface area (Å²) in [4.78, 5) is 2.57. The molecule has 106 valence electrons. The number of piperidine rings is 1. The summed E-state index contributed by atoms with van der Waals surface area (Å²) in [6.07, 6.45) is 5.76. The second kappa shape index (κ2) is 6.15. The van der Waals surface area contributed by atoms with Gasteiger partial charge in [0.05, 0.1) is 5.60 Å². The van der Waals surface area contributed by atoms with E-state index < -0.39 is 0 Å². The molecule has 0 bridgehead atoms. The van der Waals surface area contributed by atoms with Crippen molar-refractivity contribution in [1.82, 2.24) is 4.90 Å². The van der Waals surface area contributed by atoms with E-state index in [1.807, 2.05) is 0 Å². The maximum atomic E-state index is 10.7. The molecule has 0 amide bonds. The number of fused-ring (bicyclic) bond motifs is 1. The second-order valence-corrected chi connectivity index (χ2v) is 7.11. The molecule has 0 aromatic heterocycles. The lowest BCUT2D eigenvalue weighted by Gasteiger charge is -2.48. The summed E-state index contributed by atoms with van der Waals surface area (Å²) in [7, 11) is 0. The Morgan fingerprint density at radius 2 is 2.11 bits per heavy atom. The predicted molar refractivity (Wildman–Crippen MR) is 80.1 cm³/mol. The monoisotopic (exact) mass is 271 g/mol. The molecule has 0 radical (unpaired) electrons. The van der Waals surface area contributed by atoms with Gasteiger partial charge in [0.25, 0.3) is 0 Å². The molecule has 1 saturated heterocycles. The van der Waals surface area contributed by atoms with Crippen molar-refractivity contribution in [2.45, 2.75) is 51.6 Å². The van der Waals surface area contributed by atoms with Gasteiger partial charge < -0.3 is 10.0 Å². The highest BCUT2D eigenvalue weighted by atomic mass is 32.1. The zero-order chi connectivity index (χ0) is 13.2. The molecule has 1 aliphatic heterocycles. The van der Waals surface area contributed by atoms with E-state index in [2.05, 4.69) is 31.4 Å². The van der Waals surface area contributed by atoms with E-state index in [-0.39, 0.29) is 5.60 Å². The minimum absolute atomic E-state index is 0.330. The van der Waals surface area contributed by atoms with E-state index in [1.165, 1.54) is 19.3 Å². The van der Waals surface area contributed by atoms with Gasteiger partial charge in [-0.05, 0) is 36.9 Å². The lowest BCUT2D eigenvalue weighted by atomic mass is 9.71. The number of hydrogen-bond acceptors (Lipinski definition) is 3. The van der Waals surface area contributed by atoms with Gasteiger partial charge in [-0.1, -0.05) is 26.7 Å². The average Bonchev–Trinajstić information content (AvgIpc) is 2.35. The number of likely N-dealkylation sites (tertiary alicyclic amines) is 1. The molecular weight excluding hydrogens is 242 g/mol. The lowest BCUT2D eigenvalue weighted by Crippen LogP contribution is -2.54. The first-order valence-corrected chi connectivity index (χ1v) is 8.24. The van der Waals surface area contributed by atoms with Crippen LogP contribution in [0, 0.1) is 17.8 Å². The van der Waals surface area contributed by atoms with Gasteiger partial charge in [0, 0.05) is 25.6 Å². The third-order valence-corrected chi connectivity index (χ3v) is 5.65. The van der Waals surface area contributed by atoms with Gasteiger partial charge in [-0.15, -0.1) is 0 Å². The summed E-state index contributed by atoms with van der Waals surface area (Å²) in [6, 6.07) is 0. The van der Waals surface area contributed by atoms with Gasteiger partial charge in [0.2, 0.25) is 0 Å². The third-order valence-electron chi connectivity index (χ3n) is 5.18. The van der Waals surface area contributed by atoms with E-state index in [4.69, 9.17) is 0 Å². The molecule has 1 N–H and O–H groups in total. The lowest BCUT2D eigenvalue weighted by molar-refractivity contribution is -0.0974. The van der Waals surface area contributed by atoms with E-state index in [9.17, 15) is 5.11 Å². The van der Waals surface area contributed by atoms with Crippen LogP contribution in [0.5, 0.6) is 0 Å². The van der Waals surface area contributed by atoms with Gasteiger partial charge >= 0.3 is 0 Å². The average molecular weight is 271 g/mol. The molecule has 18 heavy (non-hydrogen) atoms. The Balaban J connectivity index is 1.90. The van der Waals surface area contributed by atoms with Crippen LogP contribution in [0.2, 0.25) is 0 Å². The van der Waals surface area contributed by atoms with Crippen LogP contribution in [0.3, 0.4) is 0 Å². The highest BCUT2D eigenvalue weighted by Gasteiger charge is 2.42. The molecule has 2 rings (SSSR count). The van der Waals surface area contributed by atoms with Crippen LogP contribution in [-0.2, 0) is 0 Å². The first kappa shape index (κ1) is 14.7. The highest BCUT2D eigenvalue weighted by molar-refractivity contribution is 7.80. The van der Waals surface area contributed by atoms with Crippen molar-refractivity contribution in [2.24, 2.45) is 17.8 Å². The van der Waals surface area contributed by atoms with Crippen molar-refractivity contribution in [3.63, 3.8) is 0 Å². The fourth-order valence-corrected chi connectivity index (χ4v) is 4.15. The van der Waals surface area contributed by atoms with Crippen LogP contribution < -0.4 is 0 Å². The molecule has 3 atom stereocenters. The summed E-state index contributed by atoms with van der Waals surface area (Å²) >= 11 is 4.49. The van der Waals surface area contributed by atoms with E-state index in [0.29, 0.717) is 17.8 Å². The third kappa shape index (κ3) is 3.23. The van der Waals surface area contributed by atoms with E-state index >= 15 is 0 Å². The molecule has 3 unspecified atom stereocenters. The van der Waals surface area contributed by atoms with Crippen molar-refractivity contribution < 1.29 is 5.11 Å². The normalized spacial score (nSPS) is 35.5. The van der Waals surface area contributed by atoms with Gasteiger partial charge in [0.15, 0.2) is 0 Å². The topological polar surface area (TPSA) is 23.5 Å². The minimum Gasteiger partial charge on any atom is -0.390 e. The van der Waals surface area contributed by atoms with Crippen LogP contribution >= 0.6 is 12.6 Å². The quantitative estimate of drug-likeness (QED) is 0.768. The number of aliphatic hydroxyl groups is 1. The van der Waals surface area contributed by atoms with Gasteiger partial charge in [-0.3, -0.25) is 0 Å². The van der Waals surface area contributed by atoms with Crippen molar-refractivity contribution >= 4 is 12.6 Å². The molecule has 1 heterocycles. The Morgan fingerprint density at radius 3 is 2.78 bits per heavy atom. The minimum atomic E-state index is -0.330. The Hall–Kier alpha value is 0.270. The van der Waals surface area contributed by atoms with Crippen molar-refractivity contribution in [2.75, 3.05) is 25.4 Å². The molecular formula is C15H29NOS. The van der Waals surface area contributed by atoms with Gasteiger partial charge in [-0.25, -0.2) is 0 Å². The number of nitrogens with zero attached hydrogens (tertiary/aromatic N) is 1. The van der Waals surface area contributed by atoms with Crippen molar-refractivity contribution in [3.8, 4) is 0 Å². The molecule has 2 fully saturated rings. The van der Waals surface area contributed by atoms with Crippen LogP contribution in [0.25, 0.3) is 0 Å². The van der Waals surface area contributed by atoms with Crippen LogP contribution in [0.15, 0.2) is 0 Å². The largest absolute Gasteiger partial charge is 0.390 e. The Bertz CT molecular complexity index is 271. The molecule has 3 heteroatoms. The van der Waals surface area contributed by atoms with Crippen molar-refractivity contribution in [1.29, 1.82) is 0 Å². The summed E-state index contributed by atoms with van der Waals surface area (Å²) in [5.41, 5.74) is -0.330. The molecule has 1 saturated carbocycles. The van der Waals surface area contributed by atoms with E-state index in [0.717, 1.165) is 38.2 Å². The summed E-state index contributed by atoms with van der Waals surface area (Å²) in [5.74, 6) is 2.88. The molecule has 2 aliphatic rings. The second-order valence-electron chi connectivity index (χ2n) is 6.74. The Morgan fingerprint density at radius 1 is 1.33 bits per heavy atom. The van der Waals surface area contributed by atoms with Crippen LogP contribution in [0.1, 0.15) is 46.0 Å². The molecule has 0 aromatic carbocycles. The Kier molecular flexibility index (Phi) is 5.01. The maximum Gasteiger partial charge on any atom is 0.0700 e.